The Hall–Kier alpha value is -3.01. The summed E-state index contributed by atoms with van der Waals surface area (Å²) in [7, 11) is 0. The van der Waals surface area contributed by atoms with E-state index < -0.39 is 0 Å². The quantitative estimate of drug-likeness (QED) is 0.786. The Balaban J connectivity index is 1.75. The minimum absolute atomic E-state index is 0.0442. The summed E-state index contributed by atoms with van der Waals surface area (Å²) in [6, 6.07) is 11.8. The highest BCUT2D eigenvalue weighted by atomic mass is 16.1. The largest absolute Gasteiger partial charge is 0.348 e. The number of carbonyl (C=O) groups is 1. The highest BCUT2D eigenvalue weighted by Gasteiger charge is 2.12. The highest BCUT2D eigenvalue weighted by molar-refractivity contribution is 5.97. The molecule has 0 radical (unpaired) electrons. The van der Waals surface area contributed by atoms with Crippen LogP contribution in [0.3, 0.4) is 0 Å². The van der Waals surface area contributed by atoms with E-state index in [0.717, 1.165) is 33.5 Å². The second-order valence-electron chi connectivity index (χ2n) is 6.24. The third-order valence-corrected chi connectivity index (χ3v) is 4.16. The van der Waals surface area contributed by atoms with E-state index in [1.807, 2.05) is 57.2 Å². The van der Waals surface area contributed by atoms with Crippen LogP contribution in [0.4, 0.5) is 0 Å². The Morgan fingerprint density at radius 2 is 1.64 bits per heavy atom. The SMILES string of the molecule is Cc1cc(C)c(C(=O)NCc2ccnc(-c3ccncc3)c2)c(C)c1. The molecule has 25 heavy (non-hydrogen) atoms. The lowest BCUT2D eigenvalue weighted by atomic mass is 9.99. The van der Waals surface area contributed by atoms with E-state index in [9.17, 15) is 4.79 Å². The second kappa shape index (κ2) is 7.26. The van der Waals surface area contributed by atoms with Gasteiger partial charge in [-0.05, 0) is 61.7 Å². The molecule has 0 atom stereocenters. The fourth-order valence-electron chi connectivity index (χ4n) is 3.07. The monoisotopic (exact) mass is 331 g/mol. The lowest BCUT2D eigenvalue weighted by Crippen LogP contribution is -2.24. The molecule has 1 N–H and O–H groups in total. The van der Waals surface area contributed by atoms with Crippen LogP contribution in [0.25, 0.3) is 11.3 Å². The fraction of sp³-hybridized carbons (Fsp3) is 0.190. The van der Waals surface area contributed by atoms with Crippen LogP contribution < -0.4 is 5.32 Å². The zero-order valence-electron chi connectivity index (χ0n) is 14.7. The van der Waals surface area contributed by atoms with Crippen LogP contribution in [-0.4, -0.2) is 15.9 Å². The van der Waals surface area contributed by atoms with Gasteiger partial charge in [0.2, 0.25) is 0 Å². The van der Waals surface area contributed by atoms with Crippen molar-refractivity contribution < 1.29 is 4.79 Å². The van der Waals surface area contributed by atoms with Gasteiger partial charge in [-0.15, -0.1) is 0 Å². The molecule has 0 bridgehead atoms. The van der Waals surface area contributed by atoms with Crippen LogP contribution in [0.2, 0.25) is 0 Å². The van der Waals surface area contributed by atoms with Crippen molar-refractivity contribution in [1.29, 1.82) is 0 Å². The zero-order valence-corrected chi connectivity index (χ0v) is 14.7. The van der Waals surface area contributed by atoms with Crippen molar-refractivity contribution in [3.8, 4) is 11.3 Å². The number of carbonyl (C=O) groups excluding carboxylic acids is 1. The minimum Gasteiger partial charge on any atom is -0.348 e. The lowest BCUT2D eigenvalue weighted by Gasteiger charge is -2.12. The summed E-state index contributed by atoms with van der Waals surface area (Å²) in [6.07, 6.45) is 5.25. The molecule has 0 aliphatic rings. The first-order valence-electron chi connectivity index (χ1n) is 8.26. The van der Waals surface area contributed by atoms with E-state index in [1.165, 1.54) is 5.56 Å². The molecule has 0 spiro atoms. The number of rotatable bonds is 4. The van der Waals surface area contributed by atoms with Crippen LogP contribution in [0.15, 0.2) is 55.0 Å². The van der Waals surface area contributed by atoms with E-state index in [4.69, 9.17) is 0 Å². The number of hydrogen-bond donors (Lipinski definition) is 1. The van der Waals surface area contributed by atoms with Crippen LogP contribution in [-0.2, 0) is 6.54 Å². The number of nitrogens with one attached hydrogen (secondary N) is 1. The molecule has 0 aliphatic carbocycles. The molecule has 1 aromatic carbocycles. The van der Waals surface area contributed by atoms with Gasteiger partial charge >= 0.3 is 0 Å². The average molecular weight is 331 g/mol. The lowest BCUT2D eigenvalue weighted by molar-refractivity contribution is 0.0949. The first-order valence-corrected chi connectivity index (χ1v) is 8.26. The van der Waals surface area contributed by atoms with Crippen LogP contribution in [0, 0.1) is 20.8 Å². The number of aryl methyl sites for hydroxylation is 3. The molecule has 126 valence electrons. The topological polar surface area (TPSA) is 54.9 Å². The van der Waals surface area contributed by atoms with E-state index in [-0.39, 0.29) is 5.91 Å². The third-order valence-electron chi connectivity index (χ3n) is 4.16. The molecule has 0 saturated heterocycles. The number of pyridine rings is 2. The molecule has 1 amide bonds. The van der Waals surface area contributed by atoms with Gasteiger partial charge in [0.05, 0.1) is 5.69 Å². The summed E-state index contributed by atoms with van der Waals surface area (Å²) in [5.41, 5.74) is 6.82. The first kappa shape index (κ1) is 16.8. The predicted octanol–water partition coefficient (Wildman–Crippen LogP) is 4.00. The summed E-state index contributed by atoms with van der Waals surface area (Å²) in [5, 5.41) is 3.02. The van der Waals surface area contributed by atoms with Gasteiger partial charge in [-0.3, -0.25) is 14.8 Å². The smallest absolute Gasteiger partial charge is 0.252 e. The number of benzene rings is 1. The molecule has 0 saturated carbocycles. The summed E-state index contributed by atoms with van der Waals surface area (Å²) in [6.45, 7) is 6.46. The van der Waals surface area contributed by atoms with Crippen LogP contribution >= 0.6 is 0 Å². The molecule has 4 nitrogen and oxygen atoms in total. The van der Waals surface area contributed by atoms with Crippen molar-refractivity contribution in [3.63, 3.8) is 0 Å². The second-order valence-corrected chi connectivity index (χ2v) is 6.24. The standard InChI is InChI=1S/C21H21N3O/c1-14-10-15(2)20(16(3)11-14)21(25)24-13-17-4-9-23-19(12-17)18-5-7-22-8-6-18/h4-12H,13H2,1-3H3,(H,24,25). The predicted molar refractivity (Wildman–Crippen MR) is 99.3 cm³/mol. The van der Waals surface area contributed by atoms with Gasteiger partial charge in [0.15, 0.2) is 0 Å². The van der Waals surface area contributed by atoms with Gasteiger partial charge in [-0.25, -0.2) is 0 Å². The van der Waals surface area contributed by atoms with Crippen molar-refractivity contribution in [2.45, 2.75) is 27.3 Å². The molecule has 4 heteroatoms. The molecular weight excluding hydrogens is 310 g/mol. The molecule has 0 unspecified atom stereocenters. The Morgan fingerprint density at radius 1 is 0.960 bits per heavy atom. The summed E-state index contributed by atoms with van der Waals surface area (Å²) < 4.78 is 0. The van der Waals surface area contributed by atoms with Gasteiger partial charge in [-0.1, -0.05) is 17.7 Å². The van der Waals surface area contributed by atoms with E-state index in [1.54, 1.807) is 18.6 Å². The number of aromatic nitrogens is 2. The maximum Gasteiger partial charge on any atom is 0.252 e. The minimum atomic E-state index is -0.0442. The summed E-state index contributed by atoms with van der Waals surface area (Å²) >= 11 is 0. The fourth-order valence-corrected chi connectivity index (χ4v) is 3.07. The van der Waals surface area contributed by atoms with Crippen molar-refractivity contribution in [2.75, 3.05) is 0 Å². The van der Waals surface area contributed by atoms with Crippen molar-refractivity contribution in [2.24, 2.45) is 0 Å². The molecule has 2 heterocycles. The van der Waals surface area contributed by atoms with Crippen molar-refractivity contribution >= 4 is 5.91 Å². The number of amides is 1. The number of hydrogen-bond acceptors (Lipinski definition) is 3. The highest BCUT2D eigenvalue weighted by Crippen LogP contribution is 2.18. The Morgan fingerprint density at radius 3 is 2.32 bits per heavy atom. The summed E-state index contributed by atoms with van der Waals surface area (Å²) in [4.78, 5) is 21.0. The summed E-state index contributed by atoms with van der Waals surface area (Å²) in [5.74, 6) is -0.0442. The zero-order chi connectivity index (χ0) is 17.8. The van der Waals surface area contributed by atoms with Gasteiger partial charge in [0, 0.05) is 36.3 Å². The van der Waals surface area contributed by atoms with Gasteiger partial charge in [-0.2, -0.15) is 0 Å². The Kier molecular flexibility index (Phi) is 4.89. The normalized spacial score (nSPS) is 10.5. The molecule has 0 aliphatic heterocycles. The van der Waals surface area contributed by atoms with E-state index in [0.29, 0.717) is 6.54 Å². The van der Waals surface area contributed by atoms with Gasteiger partial charge in [0.1, 0.15) is 0 Å². The first-order chi connectivity index (χ1) is 12.0. The molecule has 0 fully saturated rings. The maximum atomic E-state index is 12.6. The molecule has 3 aromatic rings. The molecule has 3 rings (SSSR count). The number of nitrogens with zero attached hydrogens (tertiary/aromatic N) is 2. The van der Waals surface area contributed by atoms with Crippen LogP contribution in [0.1, 0.15) is 32.6 Å². The Labute approximate surface area is 148 Å². The van der Waals surface area contributed by atoms with Gasteiger partial charge in [0.25, 0.3) is 5.91 Å². The molecule has 2 aromatic heterocycles. The van der Waals surface area contributed by atoms with Crippen molar-refractivity contribution in [1.82, 2.24) is 15.3 Å². The van der Waals surface area contributed by atoms with E-state index in [2.05, 4.69) is 15.3 Å². The Bertz CT molecular complexity index is 881. The van der Waals surface area contributed by atoms with Crippen molar-refractivity contribution in [3.05, 3.63) is 82.8 Å². The average Bonchev–Trinajstić information content (AvgIpc) is 2.60. The maximum absolute atomic E-state index is 12.6. The van der Waals surface area contributed by atoms with Gasteiger partial charge < -0.3 is 5.32 Å². The van der Waals surface area contributed by atoms with Crippen LogP contribution in [0.5, 0.6) is 0 Å². The third kappa shape index (κ3) is 3.91. The van der Waals surface area contributed by atoms with E-state index >= 15 is 0 Å². The molecular formula is C21H21N3O.